The van der Waals surface area contributed by atoms with Crippen molar-refractivity contribution in [2.45, 2.75) is 6.42 Å². The molecule has 1 atom stereocenters. The molecule has 1 heterocycles. The summed E-state index contributed by atoms with van der Waals surface area (Å²) in [7, 11) is 0. The molecule has 1 unspecified atom stereocenters. The van der Waals surface area contributed by atoms with Crippen LogP contribution >= 0.6 is 0 Å². The molecule has 2 rings (SSSR count). The quantitative estimate of drug-likeness (QED) is 0.625. The van der Waals surface area contributed by atoms with Crippen LogP contribution in [0.2, 0.25) is 0 Å². The minimum atomic E-state index is -1.19. The molecule has 1 aromatic rings. The Hall–Kier alpha value is -2.15. The van der Waals surface area contributed by atoms with E-state index in [2.05, 4.69) is 0 Å². The van der Waals surface area contributed by atoms with Gasteiger partial charge in [0.15, 0.2) is 0 Å². The summed E-state index contributed by atoms with van der Waals surface area (Å²) in [5, 5.41) is 29.3. The first-order valence-corrected chi connectivity index (χ1v) is 5.91. The van der Waals surface area contributed by atoms with Gasteiger partial charge in [-0.3, -0.25) is 10.1 Å². The Bertz CT molecular complexity index is 485. The molecule has 7 heteroatoms. The molecule has 1 aliphatic rings. The molecular weight excluding hydrogens is 252 g/mol. The molecule has 1 aromatic carbocycles. The van der Waals surface area contributed by atoms with Crippen molar-refractivity contribution in [1.29, 1.82) is 0 Å². The van der Waals surface area contributed by atoms with Gasteiger partial charge < -0.3 is 15.1 Å². The van der Waals surface area contributed by atoms with Crippen molar-refractivity contribution < 1.29 is 19.9 Å². The minimum Gasteiger partial charge on any atom is -0.478 e. The Labute approximate surface area is 109 Å². The molecule has 0 aliphatic carbocycles. The fraction of sp³-hybridized carbons (Fsp3) is 0.417. The van der Waals surface area contributed by atoms with Gasteiger partial charge in [-0.25, -0.2) is 4.79 Å². The fourth-order valence-electron chi connectivity index (χ4n) is 2.37. The molecule has 19 heavy (non-hydrogen) atoms. The number of benzene rings is 1. The maximum absolute atomic E-state index is 11.2. The standard InChI is InChI=1S/C12H14N2O5/c15-7-8-4-5-13(6-8)11-9(12(16)17)2-1-3-10(11)14(18)19/h1-3,8,15H,4-7H2,(H,16,17). The molecule has 0 aromatic heterocycles. The summed E-state index contributed by atoms with van der Waals surface area (Å²) in [5.74, 6) is -1.16. The number of nitro benzene ring substituents is 1. The number of carboxylic acid groups (broad SMARTS) is 1. The number of carboxylic acids is 1. The summed E-state index contributed by atoms with van der Waals surface area (Å²) >= 11 is 0. The van der Waals surface area contributed by atoms with Crippen molar-refractivity contribution in [3.63, 3.8) is 0 Å². The minimum absolute atomic E-state index is 0.000460. The summed E-state index contributed by atoms with van der Waals surface area (Å²) in [5.41, 5.74) is -0.151. The van der Waals surface area contributed by atoms with Gasteiger partial charge in [-0.15, -0.1) is 0 Å². The lowest BCUT2D eigenvalue weighted by atomic mass is 10.1. The van der Waals surface area contributed by atoms with E-state index in [9.17, 15) is 14.9 Å². The molecular formula is C12H14N2O5. The van der Waals surface area contributed by atoms with Crippen LogP contribution in [-0.4, -0.2) is 40.8 Å². The lowest BCUT2D eigenvalue weighted by molar-refractivity contribution is -0.384. The third-order valence-electron chi connectivity index (χ3n) is 3.30. The lowest BCUT2D eigenvalue weighted by Crippen LogP contribution is -2.24. The van der Waals surface area contributed by atoms with E-state index >= 15 is 0 Å². The number of aliphatic hydroxyl groups excluding tert-OH is 1. The maximum Gasteiger partial charge on any atom is 0.338 e. The Morgan fingerprint density at radius 1 is 1.53 bits per heavy atom. The summed E-state index contributed by atoms with van der Waals surface area (Å²) in [6.45, 7) is 0.942. The second-order valence-corrected chi connectivity index (χ2v) is 4.52. The third-order valence-corrected chi connectivity index (χ3v) is 3.30. The summed E-state index contributed by atoms with van der Waals surface area (Å²) in [6.07, 6.45) is 0.696. The first-order valence-electron chi connectivity index (χ1n) is 5.91. The molecule has 0 bridgehead atoms. The van der Waals surface area contributed by atoms with Gasteiger partial charge in [0.05, 0.1) is 10.5 Å². The molecule has 102 valence electrons. The molecule has 0 spiro atoms. The highest BCUT2D eigenvalue weighted by Gasteiger charge is 2.31. The van der Waals surface area contributed by atoms with Crippen LogP contribution in [0.3, 0.4) is 0 Å². The van der Waals surface area contributed by atoms with Gasteiger partial charge in [-0.1, -0.05) is 6.07 Å². The zero-order valence-corrected chi connectivity index (χ0v) is 10.2. The second-order valence-electron chi connectivity index (χ2n) is 4.52. The van der Waals surface area contributed by atoms with E-state index in [0.29, 0.717) is 19.5 Å². The van der Waals surface area contributed by atoms with Gasteiger partial charge in [-0.05, 0) is 12.5 Å². The van der Waals surface area contributed by atoms with Crippen LogP contribution in [0.1, 0.15) is 16.8 Å². The SMILES string of the molecule is O=C(O)c1cccc([N+](=O)[O-])c1N1CCC(CO)C1. The van der Waals surface area contributed by atoms with Gasteiger partial charge in [0.25, 0.3) is 5.69 Å². The van der Waals surface area contributed by atoms with E-state index in [0.717, 1.165) is 0 Å². The highest BCUT2D eigenvalue weighted by molar-refractivity contribution is 5.97. The number of aromatic carboxylic acids is 1. The number of rotatable bonds is 4. The van der Waals surface area contributed by atoms with Crippen molar-refractivity contribution >= 4 is 17.3 Å². The van der Waals surface area contributed by atoms with Crippen LogP contribution in [0, 0.1) is 16.0 Å². The normalized spacial score (nSPS) is 18.6. The summed E-state index contributed by atoms with van der Waals surface area (Å²) < 4.78 is 0. The first kappa shape index (κ1) is 13.3. The summed E-state index contributed by atoms with van der Waals surface area (Å²) in [6, 6.07) is 4.02. The number of nitrogens with zero attached hydrogens (tertiary/aromatic N) is 2. The molecule has 2 N–H and O–H groups in total. The highest BCUT2D eigenvalue weighted by atomic mass is 16.6. The molecule has 1 saturated heterocycles. The van der Waals surface area contributed by atoms with Crippen molar-refractivity contribution in [1.82, 2.24) is 0 Å². The molecule has 0 saturated carbocycles. The molecule has 1 aliphatic heterocycles. The number of anilines is 1. The van der Waals surface area contributed by atoms with E-state index in [1.54, 1.807) is 4.90 Å². The number of hydrogen-bond acceptors (Lipinski definition) is 5. The van der Waals surface area contributed by atoms with Gasteiger partial charge in [0.1, 0.15) is 5.69 Å². The van der Waals surface area contributed by atoms with E-state index in [-0.39, 0.29) is 29.5 Å². The monoisotopic (exact) mass is 266 g/mol. The predicted octanol–water partition coefficient (Wildman–Crippen LogP) is 1.11. The Morgan fingerprint density at radius 3 is 2.79 bits per heavy atom. The van der Waals surface area contributed by atoms with Crippen LogP contribution in [0.5, 0.6) is 0 Å². The van der Waals surface area contributed by atoms with Gasteiger partial charge in [0.2, 0.25) is 0 Å². The predicted molar refractivity (Wildman–Crippen MR) is 67.5 cm³/mol. The highest BCUT2D eigenvalue weighted by Crippen LogP contribution is 2.35. The van der Waals surface area contributed by atoms with E-state index in [1.165, 1.54) is 18.2 Å². The van der Waals surface area contributed by atoms with E-state index < -0.39 is 10.9 Å². The topological polar surface area (TPSA) is 104 Å². The molecule has 1 fully saturated rings. The fourth-order valence-corrected chi connectivity index (χ4v) is 2.37. The van der Waals surface area contributed by atoms with Gasteiger partial charge >= 0.3 is 5.97 Å². The van der Waals surface area contributed by atoms with Crippen LogP contribution in [0.15, 0.2) is 18.2 Å². The second kappa shape index (κ2) is 5.23. The van der Waals surface area contributed by atoms with Crippen LogP contribution < -0.4 is 4.90 Å². The lowest BCUT2D eigenvalue weighted by Gasteiger charge is -2.20. The first-order chi connectivity index (χ1) is 9.04. The van der Waals surface area contributed by atoms with Crippen molar-refractivity contribution in [2.24, 2.45) is 5.92 Å². The third kappa shape index (κ3) is 2.50. The number of aliphatic hydroxyl groups is 1. The molecule has 0 radical (unpaired) electrons. The molecule has 7 nitrogen and oxygen atoms in total. The van der Waals surface area contributed by atoms with E-state index in [1.807, 2.05) is 0 Å². The van der Waals surface area contributed by atoms with Gasteiger partial charge in [0, 0.05) is 31.7 Å². The van der Waals surface area contributed by atoms with Crippen LogP contribution in [-0.2, 0) is 0 Å². The maximum atomic E-state index is 11.2. The van der Waals surface area contributed by atoms with Crippen LogP contribution in [0.4, 0.5) is 11.4 Å². The van der Waals surface area contributed by atoms with Crippen molar-refractivity contribution in [3.05, 3.63) is 33.9 Å². The Kier molecular flexibility index (Phi) is 3.66. The average Bonchev–Trinajstić information content (AvgIpc) is 2.86. The molecule has 0 amide bonds. The number of para-hydroxylation sites is 1. The number of hydrogen-bond donors (Lipinski definition) is 2. The Morgan fingerprint density at radius 2 is 2.26 bits per heavy atom. The average molecular weight is 266 g/mol. The largest absolute Gasteiger partial charge is 0.478 e. The van der Waals surface area contributed by atoms with E-state index in [4.69, 9.17) is 10.2 Å². The zero-order chi connectivity index (χ0) is 14.0. The summed E-state index contributed by atoms with van der Waals surface area (Å²) in [4.78, 5) is 23.3. The smallest absolute Gasteiger partial charge is 0.338 e. The van der Waals surface area contributed by atoms with Crippen molar-refractivity contribution in [2.75, 3.05) is 24.6 Å². The van der Waals surface area contributed by atoms with Crippen LogP contribution in [0.25, 0.3) is 0 Å². The number of carbonyl (C=O) groups is 1. The van der Waals surface area contributed by atoms with Crippen molar-refractivity contribution in [3.8, 4) is 0 Å². The zero-order valence-electron chi connectivity index (χ0n) is 10.2. The number of nitro groups is 1. The Balaban J connectivity index is 2.47. The van der Waals surface area contributed by atoms with Gasteiger partial charge in [-0.2, -0.15) is 0 Å².